The van der Waals surface area contributed by atoms with Crippen LogP contribution in [0.4, 0.5) is 0 Å². The minimum atomic E-state index is -0.647. The lowest BCUT2D eigenvalue weighted by atomic mass is 9.94. The zero-order chi connectivity index (χ0) is 15.9. The van der Waals surface area contributed by atoms with Gasteiger partial charge in [-0.3, -0.25) is 14.5 Å². The molecule has 1 unspecified atom stereocenters. The van der Waals surface area contributed by atoms with E-state index in [9.17, 15) is 9.59 Å². The predicted molar refractivity (Wildman–Crippen MR) is 87.3 cm³/mol. The van der Waals surface area contributed by atoms with E-state index in [4.69, 9.17) is 11.6 Å². The number of hydrogen-bond donors (Lipinski definition) is 0. The predicted octanol–water partition coefficient (Wildman–Crippen LogP) is 2.95. The van der Waals surface area contributed by atoms with Crippen molar-refractivity contribution in [1.82, 2.24) is 9.80 Å². The molecule has 0 radical (unpaired) electrons. The van der Waals surface area contributed by atoms with E-state index in [0.717, 1.165) is 10.8 Å². The summed E-state index contributed by atoms with van der Waals surface area (Å²) in [6.07, 6.45) is 0.532. The summed E-state index contributed by atoms with van der Waals surface area (Å²) < 4.78 is 0. The molecule has 0 saturated carbocycles. The largest absolute Gasteiger partial charge is 0.309 e. The van der Waals surface area contributed by atoms with Crippen LogP contribution in [-0.2, 0) is 0 Å². The number of hydrogen-bond acceptors (Lipinski definition) is 3. The highest BCUT2D eigenvalue weighted by molar-refractivity contribution is 6.30. The summed E-state index contributed by atoms with van der Waals surface area (Å²) in [6, 6.07) is 11.0. The van der Waals surface area contributed by atoms with Gasteiger partial charge in [0, 0.05) is 23.1 Å². The fraction of sp³-hybridized carbons (Fsp3) is 0.294. The molecule has 4 nitrogen and oxygen atoms in total. The Morgan fingerprint density at radius 3 is 2.09 bits per heavy atom. The minimum Gasteiger partial charge on any atom is -0.309 e. The van der Waals surface area contributed by atoms with E-state index in [0.29, 0.717) is 24.1 Å². The summed E-state index contributed by atoms with van der Waals surface area (Å²) in [7, 11) is 3.86. The Bertz CT molecular complexity index is 707. The number of carbonyl (C=O) groups excluding carboxylic acids is 2. The van der Waals surface area contributed by atoms with Crippen LogP contribution in [0.5, 0.6) is 0 Å². The monoisotopic (exact) mass is 316 g/mol. The van der Waals surface area contributed by atoms with Gasteiger partial charge in [0.15, 0.2) is 0 Å². The molecule has 1 aliphatic heterocycles. The van der Waals surface area contributed by atoms with Crippen molar-refractivity contribution >= 4 is 34.2 Å². The lowest BCUT2D eigenvalue weighted by Crippen LogP contribution is -2.45. The Kier molecular flexibility index (Phi) is 3.89. The molecular formula is C17H17ClN2O2. The molecule has 2 aromatic rings. The second kappa shape index (κ2) is 5.71. The van der Waals surface area contributed by atoms with Crippen LogP contribution in [0, 0.1) is 0 Å². The van der Waals surface area contributed by atoms with Crippen molar-refractivity contribution in [2.45, 2.75) is 11.9 Å². The zero-order valence-electron chi connectivity index (χ0n) is 12.5. The lowest BCUT2D eigenvalue weighted by Gasteiger charge is -2.31. The van der Waals surface area contributed by atoms with Crippen molar-refractivity contribution < 1.29 is 9.59 Å². The van der Waals surface area contributed by atoms with E-state index >= 15 is 0 Å². The van der Waals surface area contributed by atoms with Crippen LogP contribution < -0.4 is 0 Å². The van der Waals surface area contributed by atoms with Gasteiger partial charge < -0.3 is 4.90 Å². The summed E-state index contributed by atoms with van der Waals surface area (Å²) in [4.78, 5) is 28.6. The SMILES string of the molecule is CN(C)CCC(Cl)N1C(=O)c2cccc3cccc(c23)C1=O. The van der Waals surface area contributed by atoms with E-state index in [1.54, 1.807) is 12.1 Å². The van der Waals surface area contributed by atoms with Gasteiger partial charge in [-0.15, -0.1) is 0 Å². The van der Waals surface area contributed by atoms with E-state index in [2.05, 4.69) is 0 Å². The number of alkyl halides is 1. The maximum absolute atomic E-state index is 12.7. The first-order chi connectivity index (χ1) is 10.5. The number of amides is 2. The Labute approximate surface area is 134 Å². The summed E-state index contributed by atoms with van der Waals surface area (Å²) in [5.41, 5.74) is 0.442. The molecule has 0 spiro atoms. The van der Waals surface area contributed by atoms with Crippen molar-refractivity contribution in [2.75, 3.05) is 20.6 Å². The average Bonchev–Trinajstić information content (AvgIpc) is 2.50. The van der Waals surface area contributed by atoms with Gasteiger partial charge in [-0.1, -0.05) is 35.9 Å². The van der Waals surface area contributed by atoms with Crippen molar-refractivity contribution in [3.05, 3.63) is 47.5 Å². The van der Waals surface area contributed by atoms with Gasteiger partial charge in [-0.05, 0) is 38.0 Å². The van der Waals surface area contributed by atoms with Crippen LogP contribution in [0.15, 0.2) is 36.4 Å². The second-order valence-corrected chi connectivity index (χ2v) is 6.22. The number of rotatable bonds is 4. The molecule has 2 aromatic carbocycles. The third-order valence-corrected chi connectivity index (χ3v) is 4.31. The second-order valence-electron chi connectivity index (χ2n) is 5.72. The van der Waals surface area contributed by atoms with Gasteiger partial charge in [0.1, 0.15) is 5.50 Å². The molecule has 0 aliphatic carbocycles. The first-order valence-corrected chi connectivity index (χ1v) is 7.63. The Morgan fingerprint density at radius 2 is 1.59 bits per heavy atom. The molecule has 0 saturated heterocycles. The van der Waals surface area contributed by atoms with Gasteiger partial charge in [-0.2, -0.15) is 0 Å². The summed E-state index contributed by atoms with van der Waals surface area (Å²) in [6.45, 7) is 0.705. The molecule has 22 heavy (non-hydrogen) atoms. The first-order valence-electron chi connectivity index (χ1n) is 7.19. The van der Waals surface area contributed by atoms with E-state index in [1.165, 1.54) is 4.90 Å². The first kappa shape index (κ1) is 15.0. The lowest BCUT2D eigenvalue weighted by molar-refractivity contribution is 0.0581. The zero-order valence-corrected chi connectivity index (χ0v) is 13.3. The fourth-order valence-electron chi connectivity index (χ4n) is 2.80. The van der Waals surface area contributed by atoms with Gasteiger partial charge in [-0.25, -0.2) is 0 Å². The molecule has 3 rings (SSSR count). The fourth-order valence-corrected chi connectivity index (χ4v) is 3.07. The quantitative estimate of drug-likeness (QED) is 0.495. The summed E-state index contributed by atoms with van der Waals surface area (Å²) >= 11 is 6.35. The Hall–Kier alpha value is -1.91. The summed E-state index contributed by atoms with van der Waals surface area (Å²) in [5, 5.41) is 1.63. The summed E-state index contributed by atoms with van der Waals surface area (Å²) in [5.74, 6) is -0.624. The number of halogens is 1. The number of benzene rings is 2. The molecule has 2 amide bonds. The average molecular weight is 317 g/mol. The van der Waals surface area contributed by atoms with Gasteiger partial charge in [0.05, 0.1) is 0 Å². The van der Waals surface area contributed by atoms with E-state index < -0.39 is 5.50 Å². The smallest absolute Gasteiger partial charge is 0.262 e. The van der Waals surface area contributed by atoms with Crippen molar-refractivity contribution in [3.63, 3.8) is 0 Å². The normalized spacial score (nSPS) is 15.7. The van der Waals surface area contributed by atoms with E-state index in [-0.39, 0.29) is 11.8 Å². The Balaban J connectivity index is 2.04. The van der Waals surface area contributed by atoms with Crippen LogP contribution in [0.1, 0.15) is 27.1 Å². The maximum atomic E-state index is 12.7. The van der Waals surface area contributed by atoms with Gasteiger partial charge in [0.25, 0.3) is 11.8 Å². The number of imide groups is 1. The molecule has 114 valence electrons. The van der Waals surface area contributed by atoms with Crippen LogP contribution >= 0.6 is 11.6 Å². The van der Waals surface area contributed by atoms with Gasteiger partial charge >= 0.3 is 0 Å². The molecule has 0 bridgehead atoms. The van der Waals surface area contributed by atoms with Crippen molar-refractivity contribution in [1.29, 1.82) is 0 Å². The molecule has 1 heterocycles. The van der Waals surface area contributed by atoms with Crippen molar-refractivity contribution in [3.8, 4) is 0 Å². The highest BCUT2D eigenvalue weighted by Gasteiger charge is 2.36. The minimum absolute atomic E-state index is 0.312. The molecule has 0 aromatic heterocycles. The highest BCUT2D eigenvalue weighted by Crippen LogP contribution is 2.32. The standard InChI is InChI=1S/C17H17ClN2O2/c1-19(2)10-9-14(18)20-16(21)12-7-3-5-11-6-4-8-13(15(11)12)17(20)22/h3-8,14H,9-10H2,1-2H3. The third kappa shape index (κ3) is 2.38. The Morgan fingerprint density at radius 1 is 1.05 bits per heavy atom. The number of carbonyl (C=O) groups is 2. The molecular weight excluding hydrogens is 300 g/mol. The molecule has 1 aliphatic rings. The highest BCUT2D eigenvalue weighted by atomic mass is 35.5. The van der Waals surface area contributed by atoms with Crippen LogP contribution in [-0.4, -0.2) is 47.8 Å². The molecule has 1 atom stereocenters. The van der Waals surface area contributed by atoms with E-state index in [1.807, 2.05) is 43.3 Å². The maximum Gasteiger partial charge on any atom is 0.262 e. The molecule has 0 fully saturated rings. The third-order valence-electron chi connectivity index (χ3n) is 3.90. The number of nitrogens with zero attached hydrogens (tertiary/aromatic N) is 2. The van der Waals surface area contributed by atoms with Crippen LogP contribution in [0.2, 0.25) is 0 Å². The van der Waals surface area contributed by atoms with Crippen molar-refractivity contribution in [2.24, 2.45) is 0 Å². The van der Waals surface area contributed by atoms with Crippen LogP contribution in [0.25, 0.3) is 10.8 Å². The van der Waals surface area contributed by atoms with Crippen LogP contribution in [0.3, 0.4) is 0 Å². The molecule has 0 N–H and O–H groups in total. The van der Waals surface area contributed by atoms with Gasteiger partial charge in [0.2, 0.25) is 0 Å². The molecule has 5 heteroatoms. The topological polar surface area (TPSA) is 40.6 Å².